The van der Waals surface area contributed by atoms with E-state index in [2.05, 4.69) is 4.98 Å². The van der Waals surface area contributed by atoms with Crippen molar-refractivity contribution in [2.45, 2.75) is 13.0 Å². The predicted octanol–water partition coefficient (Wildman–Crippen LogP) is 1.93. The highest BCUT2D eigenvalue weighted by atomic mass is 32.1. The average Bonchev–Trinajstić information content (AvgIpc) is 3.10. The molecule has 0 aliphatic heterocycles. The van der Waals surface area contributed by atoms with Crippen LogP contribution >= 0.6 is 11.3 Å². The lowest BCUT2D eigenvalue weighted by atomic mass is 10.2. The number of aryl methyl sites for hydroxylation is 1. The number of carbonyl (C=O) groups is 1. The van der Waals surface area contributed by atoms with Crippen molar-refractivity contribution in [2.24, 2.45) is 14.1 Å². The number of nitrogens with zero attached hydrogens (tertiary/aromatic N) is 4. The molecule has 7 nitrogen and oxygen atoms in total. The van der Waals surface area contributed by atoms with E-state index < -0.39 is 11.2 Å². The van der Waals surface area contributed by atoms with Gasteiger partial charge in [-0.15, -0.1) is 11.3 Å². The van der Waals surface area contributed by atoms with Crippen LogP contribution in [0.15, 0.2) is 46.1 Å². The summed E-state index contributed by atoms with van der Waals surface area (Å²) in [6, 6.07) is 7.63. The van der Waals surface area contributed by atoms with Crippen molar-refractivity contribution in [1.29, 1.82) is 0 Å². The van der Waals surface area contributed by atoms with Crippen molar-refractivity contribution in [2.75, 3.05) is 7.05 Å². The van der Waals surface area contributed by atoms with Crippen LogP contribution in [0.1, 0.15) is 23.5 Å². The van der Waals surface area contributed by atoms with Crippen LogP contribution in [-0.4, -0.2) is 32.0 Å². The van der Waals surface area contributed by atoms with Crippen molar-refractivity contribution in [1.82, 2.24) is 19.0 Å². The molecule has 0 N–H and O–H groups in total. The second kappa shape index (κ2) is 7.32. The number of fused-ring (bicyclic) bond motifs is 1. The first-order valence-corrected chi connectivity index (χ1v) is 9.18. The minimum absolute atomic E-state index is 0.206. The Labute approximate surface area is 159 Å². The Balaban J connectivity index is 1.82. The van der Waals surface area contributed by atoms with Crippen molar-refractivity contribution >= 4 is 33.5 Å². The molecule has 27 heavy (non-hydrogen) atoms. The number of aromatic nitrogens is 3. The number of para-hydroxylation sites is 1. The average molecular weight is 384 g/mol. The van der Waals surface area contributed by atoms with Crippen molar-refractivity contribution in [3.8, 4) is 0 Å². The summed E-state index contributed by atoms with van der Waals surface area (Å²) >= 11 is 1.55. The Morgan fingerprint density at radius 2 is 1.96 bits per heavy atom. The van der Waals surface area contributed by atoms with Crippen LogP contribution in [0.5, 0.6) is 0 Å². The second-order valence-electron chi connectivity index (χ2n) is 6.32. The van der Waals surface area contributed by atoms with Crippen molar-refractivity contribution in [3.05, 3.63) is 67.9 Å². The Hall–Kier alpha value is -3.00. The molecule has 140 valence electrons. The minimum atomic E-state index is -0.441. The standard InChI is InChI=1S/C19H20N4O3S/c1-12(17-20-14-7-5-6-8-15(14)27-17)22(3)16(24)10-9-13-11-21(2)19(26)23(4)18(13)25/h5-12H,1-4H3/b10-9+. The number of benzene rings is 1. The highest BCUT2D eigenvalue weighted by Gasteiger charge is 2.19. The number of thiazole rings is 1. The van der Waals surface area contributed by atoms with E-state index in [1.54, 1.807) is 30.3 Å². The quantitative estimate of drug-likeness (QED) is 0.644. The van der Waals surface area contributed by atoms with Gasteiger partial charge in [0, 0.05) is 33.4 Å². The van der Waals surface area contributed by atoms with Gasteiger partial charge in [-0.05, 0) is 25.1 Å². The highest BCUT2D eigenvalue weighted by molar-refractivity contribution is 7.18. The molecule has 1 aromatic carbocycles. The second-order valence-corrected chi connectivity index (χ2v) is 7.38. The fourth-order valence-corrected chi connectivity index (χ4v) is 3.72. The predicted molar refractivity (Wildman–Crippen MR) is 107 cm³/mol. The van der Waals surface area contributed by atoms with E-state index in [-0.39, 0.29) is 17.5 Å². The van der Waals surface area contributed by atoms with Gasteiger partial charge in [-0.3, -0.25) is 14.2 Å². The maximum atomic E-state index is 12.5. The molecular formula is C19H20N4O3S. The van der Waals surface area contributed by atoms with Crippen molar-refractivity contribution in [3.63, 3.8) is 0 Å². The molecule has 0 aliphatic rings. The van der Waals surface area contributed by atoms with Gasteiger partial charge < -0.3 is 9.47 Å². The van der Waals surface area contributed by atoms with Gasteiger partial charge in [0.2, 0.25) is 5.91 Å². The fourth-order valence-electron chi connectivity index (χ4n) is 2.65. The third-order valence-electron chi connectivity index (χ3n) is 4.47. The van der Waals surface area contributed by atoms with Gasteiger partial charge in [-0.1, -0.05) is 12.1 Å². The van der Waals surface area contributed by atoms with Gasteiger partial charge in [0.1, 0.15) is 5.01 Å². The van der Waals surface area contributed by atoms with Crippen LogP contribution in [0.2, 0.25) is 0 Å². The van der Waals surface area contributed by atoms with Gasteiger partial charge in [0.25, 0.3) is 5.56 Å². The molecule has 3 rings (SSSR count). The molecular weight excluding hydrogens is 364 g/mol. The molecule has 2 heterocycles. The zero-order chi connectivity index (χ0) is 19.7. The van der Waals surface area contributed by atoms with E-state index in [1.165, 1.54) is 30.0 Å². The fraction of sp³-hybridized carbons (Fsp3) is 0.263. The van der Waals surface area contributed by atoms with Gasteiger partial charge in [0.05, 0.1) is 21.8 Å². The van der Waals surface area contributed by atoms with E-state index >= 15 is 0 Å². The SMILES string of the molecule is CC(c1nc2ccccc2s1)N(C)C(=O)/C=C/c1cn(C)c(=O)n(C)c1=O. The number of rotatable bonds is 4. The molecule has 1 unspecified atom stereocenters. The molecule has 8 heteroatoms. The van der Waals surface area contributed by atoms with Crippen LogP contribution in [-0.2, 0) is 18.9 Å². The molecule has 1 amide bonds. The van der Waals surface area contributed by atoms with E-state index in [1.807, 2.05) is 31.2 Å². The third-order valence-corrected chi connectivity index (χ3v) is 5.68. The van der Waals surface area contributed by atoms with Crippen LogP contribution in [0.3, 0.4) is 0 Å². The summed E-state index contributed by atoms with van der Waals surface area (Å²) in [5, 5.41) is 0.846. The monoisotopic (exact) mass is 384 g/mol. The Morgan fingerprint density at radius 1 is 1.26 bits per heavy atom. The molecule has 0 aliphatic carbocycles. The van der Waals surface area contributed by atoms with Crippen LogP contribution in [0.4, 0.5) is 0 Å². The van der Waals surface area contributed by atoms with E-state index in [9.17, 15) is 14.4 Å². The van der Waals surface area contributed by atoms with Crippen LogP contribution in [0.25, 0.3) is 16.3 Å². The zero-order valence-corrected chi connectivity index (χ0v) is 16.4. The molecule has 0 spiro atoms. The molecule has 0 bridgehead atoms. The topological polar surface area (TPSA) is 77.2 Å². The first-order chi connectivity index (χ1) is 12.8. The summed E-state index contributed by atoms with van der Waals surface area (Å²) in [6.45, 7) is 1.91. The van der Waals surface area contributed by atoms with Gasteiger partial charge in [0.15, 0.2) is 0 Å². The number of likely N-dealkylation sites (N-methyl/N-ethyl adjacent to an activating group) is 1. The number of amides is 1. The molecule has 0 fully saturated rings. The lowest BCUT2D eigenvalue weighted by molar-refractivity contribution is -0.126. The van der Waals surface area contributed by atoms with E-state index in [4.69, 9.17) is 0 Å². The molecule has 2 aromatic heterocycles. The molecule has 0 saturated heterocycles. The van der Waals surface area contributed by atoms with Gasteiger partial charge in [-0.25, -0.2) is 9.78 Å². The zero-order valence-electron chi connectivity index (χ0n) is 15.5. The van der Waals surface area contributed by atoms with Gasteiger partial charge >= 0.3 is 5.69 Å². The minimum Gasteiger partial charge on any atom is -0.333 e. The summed E-state index contributed by atoms with van der Waals surface area (Å²) < 4.78 is 3.39. The lowest BCUT2D eigenvalue weighted by Gasteiger charge is -2.21. The van der Waals surface area contributed by atoms with Crippen LogP contribution in [0, 0.1) is 0 Å². The lowest BCUT2D eigenvalue weighted by Crippen LogP contribution is -2.37. The van der Waals surface area contributed by atoms with Crippen LogP contribution < -0.4 is 11.2 Å². The highest BCUT2D eigenvalue weighted by Crippen LogP contribution is 2.28. The first-order valence-electron chi connectivity index (χ1n) is 8.36. The van der Waals surface area contributed by atoms with E-state index in [0.717, 1.165) is 19.8 Å². The Kier molecular flexibility index (Phi) is 5.09. The third kappa shape index (κ3) is 3.61. The normalized spacial score (nSPS) is 12.6. The summed E-state index contributed by atoms with van der Waals surface area (Å²) in [7, 11) is 4.66. The largest absolute Gasteiger partial charge is 0.333 e. The van der Waals surface area contributed by atoms with E-state index in [0.29, 0.717) is 0 Å². The summed E-state index contributed by atoms with van der Waals surface area (Å²) in [4.78, 5) is 42.6. The summed E-state index contributed by atoms with van der Waals surface area (Å²) in [6.07, 6.45) is 4.20. The number of hydrogen-bond donors (Lipinski definition) is 0. The molecule has 0 saturated carbocycles. The Bertz CT molecular complexity index is 1120. The summed E-state index contributed by atoms with van der Waals surface area (Å²) in [5.41, 5.74) is 0.331. The number of carbonyl (C=O) groups excluding carboxylic acids is 1. The first kappa shape index (κ1) is 18.8. The number of hydrogen-bond acceptors (Lipinski definition) is 5. The van der Waals surface area contributed by atoms with Crippen molar-refractivity contribution < 1.29 is 4.79 Å². The maximum absolute atomic E-state index is 12.5. The summed E-state index contributed by atoms with van der Waals surface area (Å²) in [5.74, 6) is -0.252. The Morgan fingerprint density at radius 3 is 2.67 bits per heavy atom. The molecule has 3 aromatic rings. The molecule has 0 radical (unpaired) electrons. The maximum Gasteiger partial charge on any atom is 0.330 e. The smallest absolute Gasteiger partial charge is 0.330 e. The molecule has 1 atom stereocenters. The van der Waals surface area contributed by atoms with Gasteiger partial charge in [-0.2, -0.15) is 0 Å².